The van der Waals surface area contributed by atoms with Crippen molar-refractivity contribution < 1.29 is 4.84 Å². The quantitative estimate of drug-likeness (QED) is 0.318. The molecule has 0 aliphatic heterocycles. The highest BCUT2D eigenvalue weighted by atomic mass is 16.9. The van der Waals surface area contributed by atoms with Gasteiger partial charge in [-0.25, -0.2) is 0 Å². The van der Waals surface area contributed by atoms with E-state index in [4.69, 9.17) is 4.84 Å². The fraction of sp³-hybridized carbons (Fsp3) is 1.00. The SMILES string of the molecule is CCCCCCCCCCCCN([O-])OCC(C)C. The van der Waals surface area contributed by atoms with Gasteiger partial charge >= 0.3 is 0 Å². The Kier molecular flexibility index (Phi) is 14.2. The Hall–Kier alpha value is -0.120. The van der Waals surface area contributed by atoms with E-state index in [1.807, 2.05) is 13.8 Å². The van der Waals surface area contributed by atoms with Crippen molar-refractivity contribution in [2.45, 2.75) is 85.0 Å². The summed E-state index contributed by atoms with van der Waals surface area (Å²) in [5, 5.41) is 12.0. The van der Waals surface area contributed by atoms with Crippen LogP contribution in [-0.2, 0) is 4.84 Å². The second-order valence-corrected chi connectivity index (χ2v) is 5.93. The molecule has 3 heteroatoms. The summed E-state index contributed by atoms with van der Waals surface area (Å²) in [5.41, 5.74) is 0. The first-order valence-corrected chi connectivity index (χ1v) is 8.24. The Morgan fingerprint density at radius 1 is 0.842 bits per heavy atom. The van der Waals surface area contributed by atoms with Crippen LogP contribution in [0.4, 0.5) is 0 Å². The van der Waals surface area contributed by atoms with Crippen molar-refractivity contribution in [2.75, 3.05) is 13.2 Å². The molecular formula is C16H34NO2-. The molecule has 0 N–H and O–H groups in total. The van der Waals surface area contributed by atoms with Gasteiger partial charge in [-0.1, -0.05) is 78.6 Å². The molecular weight excluding hydrogens is 238 g/mol. The van der Waals surface area contributed by atoms with Gasteiger partial charge in [0.1, 0.15) is 0 Å². The zero-order chi connectivity index (χ0) is 14.3. The standard InChI is InChI=1S/C16H34NO2/c1-4-5-6-7-8-9-10-11-12-13-14-17(18)19-15-16(2)3/h16H,4-15H2,1-3H3/q-1. The molecule has 0 fully saturated rings. The molecule has 0 saturated carbocycles. The molecule has 0 aliphatic rings. The number of hydrogen-bond acceptors (Lipinski definition) is 3. The third kappa shape index (κ3) is 15.8. The molecule has 0 aliphatic carbocycles. The van der Waals surface area contributed by atoms with E-state index < -0.39 is 0 Å². The number of rotatable bonds is 14. The highest BCUT2D eigenvalue weighted by Gasteiger charge is 1.97. The summed E-state index contributed by atoms with van der Waals surface area (Å²) in [6.45, 7) is 7.40. The Morgan fingerprint density at radius 3 is 1.79 bits per heavy atom. The van der Waals surface area contributed by atoms with Crippen molar-refractivity contribution >= 4 is 0 Å². The maximum Gasteiger partial charge on any atom is 0.0696 e. The van der Waals surface area contributed by atoms with E-state index >= 15 is 0 Å². The summed E-state index contributed by atoms with van der Waals surface area (Å²) in [7, 11) is 0. The lowest BCUT2D eigenvalue weighted by Gasteiger charge is -2.27. The zero-order valence-corrected chi connectivity index (χ0v) is 13.3. The lowest BCUT2D eigenvalue weighted by Crippen LogP contribution is -2.20. The molecule has 0 radical (unpaired) electrons. The first-order chi connectivity index (χ1) is 9.16. The molecule has 0 saturated heterocycles. The summed E-state index contributed by atoms with van der Waals surface area (Å²) in [6, 6.07) is 0. The molecule has 0 aromatic heterocycles. The van der Waals surface area contributed by atoms with Crippen LogP contribution in [0.2, 0.25) is 0 Å². The Morgan fingerprint density at radius 2 is 1.32 bits per heavy atom. The Balaban J connectivity index is 3.09. The minimum atomic E-state index is 0.421. The van der Waals surface area contributed by atoms with Crippen molar-refractivity contribution in [1.29, 1.82) is 0 Å². The van der Waals surface area contributed by atoms with Gasteiger partial charge in [0.25, 0.3) is 0 Å². The van der Waals surface area contributed by atoms with Crippen LogP contribution >= 0.6 is 0 Å². The molecule has 0 unspecified atom stereocenters. The maximum atomic E-state index is 11.3. The number of hydrogen-bond donors (Lipinski definition) is 0. The van der Waals surface area contributed by atoms with Gasteiger partial charge in [-0.05, 0) is 12.3 Å². The number of nitrogens with zero attached hydrogens (tertiary/aromatic N) is 1. The molecule has 0 aromatic carbocycles. The van der Waals surface area contributed by atoms with Crippen LogP contribution in [-0.4, -0.2) is 18.4 Å². The summed E-state index contributed by atoms with van der Waals surface area (Å²) in [6.07, 6.45) is 12.9. The van der Waals surface area contributed by atoms with Gasteiger partial charge in [0.2, 0.25) is 0 Å². The van der Waals surface area contributed by atoms with E-state index in [1.165, 1.54) is 51.4 Å². The number of unbranched alkanes of at least 4 members (excludes halogenated alkanes) is 9. The van der Waals surface area contributed by atoms with Gasteiger partial charge in [-0.15, -0.1) is 0 Å². The summed E-state index contributed by atoms with van der Waals surface area (Å²) >= 11 is 0. The van der Waals surface area contributed by atoms with E-state index in [-0.39, 0.29) is 0 Å². The van der Waals surface area contributed by atoms with Crippen molar-refractivity contribution in [3.05, 3.63) is 5.21 Å². The van der Waals surface area contributed by atoms with Crippen LogP contribution < -0.4 is 0 Å². The van der Waals surface area contributed by atoms with Gasteiger partial charge in [0.15, 0.2) is 0 Å². The van der Waals surface area contributed by atoms with E-state index in [1.54, 1.807) is 0 Å². The fourth-order valence-electron chi connectivity index (χ4n) is 2.03. The van der Waals surface area contributed by atoms with Crippen LogP contribution in [0.3, 0.4) is 0 Å². The van der Waals surface area contributed by atoms with Gasteiger partial charge in [0, 0.05) is 6.54 Å². The predicted octanol–water partition coefficient (Wildman–Crippen LogP) is 5.29. The molecule has 19 heavy (non-hydrogen) atoms. The van der Waals surface area contributed by atoms with Crippen molar-refractivity contribution in [1.82, 2.24) is 5.23 Å². The average molecular weight is 272 g/mol. The molecule has 0 heterocycles. The minimum Gasteiger partial charge on any atom is -0.762 e. The first-order valence-electron chi connectivity index (χ1n) is 8.24. The predicted molar refractivity (Wildman–Crippen MR) is 82.7 cm³/mol. The summed E-state index contributed by atoms with van der Waals surface area (Å²) < 4.78 is 0. The maximum absolute atomic E-state index is 11.3. The second kappa shape index (κ2) is 14.3. The van der Waals surface area contributed by atoms with Crippen molar-refractivity contribution in [2.24, 2.45) is 5.92 Å². The molecule has 3 nitrogen and oxygen atoms in total. The highest BCUT2D eigenvalue weighted by molar-refractivity contribution is 4.50. The van der Waals surface area contributed by atoms with E-state index in [9.17, 15) is 5.21 Å². The molecule has 0 bridgehead atoms. The fourth-order valence-corrected chi connectivity index (χ4v) is 2.03. The topological polar surface area (TPSA) is 35.5 Å². The first kappa shape index (κ1) is 18.9. The second-order valence-electron chi connectivity index (χ2n) is 5.93. The highest BCUT2D eigenvalue weighted by Crippen LogP contribution is 2.10. The van der Waals surface area contributed by atoms with Crippen LogP contribution in [0.25, 0.3) is 0 Å². The molecule has 0 aromatic rings. The third-order valence-electron chi connectivity index (χ3n) is 3.25. The van der Waals surface area contributed by atoms with E-state index in [0.29, 0.717) is 19.1 Å². The Labute approximate surface area is 120 Å². The average Bonchev–Trinajstić information content (AvgIpc) is 2.38. The van der Waals surface area contributed by atoms with Gasteiger partial charge in [-0.2, -0.15) is 0 Å². The zero-order valence-electron chi connectivity index (χ0n) is 13.3. The van der Waals surface area contributed by atoms with Crippen LogP contribution in [0.15, 0.2) is 0 Å². The minimum absolute atomic E-state index is 0.421. The van der Waals surface area contributed by atoms with Gasteiger partial charge in [0.05, 0.1) is 6.61 Å². The van der Waals surface area contributed by atoms with Crippen molar-refractivity contribution in [3.8, 4) is 0 Å². The summed E-state index contributed by atoms with van der Waals surface area (Å²) in [4.78, 5) is 5.06. The largest absolute Gasteiger partial charge is 0.762 e. The molecule has 0 atom stereocenters. The smallest absolute Gasteiger partial charge is 0.0696 e. The molecule has 0 spiro atoms. The van der Waals surface area contributed by atoms with Gasteiger partial charge in [-0.3, -0.25) is 5.23 Å². The van der Waals surface area contributed by atoms with Crippen LogP contribution in [0.1, 0.15) is 85.0 Å². The lowest BCUT2D eigenvalue weighted by atomic mass is 10.1. The number of hydroxylamine groups is 2. The van der Waals surface area contributed by atoms with E-state index in [2.05, 4.69) is 6.92 Å². The molecule has 0 amide bonds. The molecule has 116 valence electrons. The molecule has 0 rings (SSSR count). The Bertz CT molecular complexity index is 174. The van der Waals surface area contributed by atoms with Crippen LogP contribution in [0, 0.1) is 11.1 Å². The van der Waals surface area contributed by atoms with E-state index in [0.717, 1.165) is 18.1 Å². The summed E-state index contributed by atoms with van der Waals surface area (Å²) in [5.74, 6) is 0.421. The third-order valence-corrected chi connectivity index (χ3v) is 3.25. The van der Waals surface area contributed by atoms with Crippen LogP contribution in [0.5, 0.6) is 0 Å². The van der Waals surface area contributed by atoms with Gasteiger partial charge < -0.3 is 10.0 Å². The normalized spacial score (nSPS) is 11.7. The van der Waals surface area contributed by atoms with Crippen molar-refractivity contribution in [3.63, 3.8) is 0 Å². The lowest BCUT2D eigenvalue weighted by molar-refractivity contribution is -0.130. The monoisotopic (exact) mass is 272 g/mol.